The minimum Gasteiger partial charge on any atom is -0.462 e. The zero-order valence-electron chi connectivity index (χ0n) is 47.3. The van der Waals surface area contributed by atoms with E-state index in [-0.39, 0.29) is 31.1 Å². The second kappa shape index (κ2) is 59.5. The van der Waals surface area contributed by atoms with Gasteiger partial charge in [-0.15, -0.1) is 0 Å². The van der Waals surface area contributed by atoms with Gasteiger partial charge in [0.1, 0.15) is 13.2 Å². The maximum Gasteiger partial charge on any atom is 0.306 e. The van der Waals surface area contributed by atoms with Crippen LogP contribution in [0.15, 0.2) is 24.3 Å². The van der Waals surface area contributed by atoms with Gasteiger partial charge in [0.05, 0.1) is 0 Å². The van der Waals surface area contributed by atoms with E-state index >= 15 is 0 Å². The first-order chi connectivity index (χ1) is 34.5. The molecule has 0 N–H and O–H groups in total. The summed E-state index contributed by atoms with van der Waals surface area (Å²) in [5, 5.41) is 0. The minimum atomic E-state index is -0.774. The van der Waals surface area contributed by atoms with Crippen LogP contribution in [0.1, 0.15) is 348 Å². The Hall–Kier alpha value is -2.11. The number of ether oxygens (including phenoxy) is 3. The SMILES string of the molecule is CCCC/C=C\CCCCCCCC(=O)OCC(COC(=O)CCCCCCCCCCCCCCCCCCCCCCCCCCCCCCCC)OC(=O)CCCCCCC/C=C\CCCC. The van der Waals surface area contributed by atoms with E-state index in [1.165, 1.54) is 231 Å². The summed E-state index contributed by atoms with van der Waals surface area (Å²) in [6, 6.07) is 0. The van der Waals surface area contributed by atoms with Crippen LogP contribution in [0.3, 0.4) is 0 Å². The van der Waals surface area contributed by atoms with Crippen LogP contribution in [0.25, 0.3) is 0 Å². The molecule has 1 atom stereocenters. The molecule has 0 aliphatic heterocycles. The van der Waals surface area contributed by atoms with Crippen molar-refractivity contribution in [3.8, 4) is 0 Å². The second-order valence-corrected chi connectivity index (χ2v) is 21.3. The molecule has 0 saturated heterocycles. The molecule has 6 nitrogen and oxygen atoms in total. The highest BCUT2D eigenvalue weighted by Crippen LogP contribution is 2.18. The van der Waals surface area contributed by atoms with Crippen molar-refractivity contribution < 1.29 is 28.6 Å². The highest BCUT2D eigenvalue weighted by Gasteiger charge is 2.19. The number of allylic oxidation sites excluding steroid dienone is 4. The van der Waals surface area contributed by atoms with Crippen molar-refractivity contribution in [2.75, 3.05) is 13.2 Å². The first-order valence-corrected chi connectivity index (χ1v) is 31.3. The van der Waals surface area contributed by atoms with E-state index in [0.717, 1.165) is 77.0 Å². The van der Waals surface area contributed by atoms with Gasteiger partial charge in [-0.1, -0.05) is 295 Å². The van der Waals surface area contributed by atoms with Gasteiger partial charge >= 0.3 is 17.9 Å². The number of carbonyl (C=O) groups excluding carboxylic acids is 3. The third-order valence-corrected chi connectivity index (χ3v) is 14.2. The highest BCUT2D eigenvalue weighted by molar-refractivity contribution is 5.71. The van der Waals surface area contributed by atoms with Gasteiger partial charge in [-0.3, -0.25) is 14.4 Å². The van der Waals surface area contributed by atoms with Crippen molar-refractivity contribution in [1.82, 2.24) is 0 Å². The number of unbranched alkanes of at least 4 members (excludes halogenated alkanes) is 43. The first kappa shape index (κ1) is 67.9. The predicted molar refractivity (Wildman–Crippen MR) is 303 cm³/mol. The van der Waals surface area contributed by atoms with Crippen LogP contribution in [0.5, 0.6) is 0 Å². The average Bonchev–Trinajstić information content (AvgIpc) is 3.36. The lowest BCUT2D eigenvalue weighted by Crippen LogP contribution is -2.30. The van der Waals surface area contributed by atoms with E-state index in [9.17, 15) is 14.4 Å². The van der Waals surface area contributed by atoms with Crippen molar-refractivity contribution in [2.24, 2.45) is 0 Å². The minimum absolute atomic E-state index is 0.0733. The number of hydrogen-bond donors (Lipinski definition) is 0. The summed E-state index contributed by atoms with van der Waals surface area (Å²) in [6.07, 6.45) is 70.8. The largest absolute Gasteiger partial charge is 0.462 e. The Morgan fingerprint density at radius 3 is 0.757 bits per heavy atom. The molecule has 0 aromatic rings. The fourth-order valence-electron chi connectivity index (χ4n) is 9.41. The standard InChI is InChI=1S/C64H120O6/c1-4-7-10-13-16-19-22-23-24-25-26-27-28-29-30-31-32-33-34-35-36-37-38-39-40-43-45-48-51-54-57-63(66)69-60-61(70-64(67)58-55-52-49-46-42-21-18-15-12-9-6-3)59-68-62(65)56-53-50-47-44-41-20-17-14-11-8-5-2/h14-15,17-18,61H,4-13,16,19-60H2,1-3H3/b17-14-,18-15-. The van der Waals surface area contributed by atoms with E-state index in [0.29, 0.717) is 19.3 Å². The molecular formula is C64H120O6. The van der Waals surface area contributed by atoms with E-state index in [2.05, 4.69) is 45.1 Å². The summed E-state index contributed by atoms with van der Waals surface area (Å²) in [7, 11) is 0. The molecule has 0 aliphatic rings. The van der Waals surface area contributed by atoms with Gasteiger partial charge in [0.2, 0.25) is 0 Å². The number of rotatable bonds is 58. The molecule has 0 aliphatic carbocycles. The van der Waals surface area contributed by atoms with Gasteiger partial charge in [0, 0.05) is 19.3 Å². The number of hydrogen-bond acceptors (Lipinski definition) is 6. The van der Waals surface area contributed by atoms with Crippen molar-refractivity contribution in [1.29, 1.82) is 0 Å². The van der Waals surface area contributed by atoms with E-state index < -0.39 is 6.10 Å². The van der Waals surface area contributed by atoms with Crippen LogP contribution in [0.2, 0.25) is 0 Å². The Bertz CT molecular complexity index is 1130. The summed E-state index contributed by atoms with van der Waals surface area (Å²) in [5.74, 6) is -0.876. The molecule has 0 amide bonds. The van der Waals surface area contributed by atoms with Crippen molar-refractivity contribution in [2.45, 2.75) is 354 Å². The lowest BCUT2D eigenvalue weighted by molar-refractivity contribution is -0.167. The summed E-state index contributed by atoms with van der Waals surface area (Å²) in [5.41, 5.74) is 0. The molecule has 0 aromatic heterocycles. The molecule has 0 fully saturated rings. The Kier molecular flexibility index (Phi) is 57.7. The van der Waals surface area contributed by atoms with Crippen molar-refractivity contribution >= 4 is 17.9 Å². The van der Waals surface area contributed by atoms with Crippen LogP contribution in [0.4, 0.5) is 0 Å². The molecule has 0 heterocycles. The van der Waals surface area contributed by atoms with Crippen molar-refractivity contribution in [3.63, 3.8) is 0 Å². The zero-order chi connectivity index (χ0) is 50.7. The number of esters is 3. The fourth-order valence-corrected chi connectivity index (χ4v) is 9.41. The van der Waals surface area contributed by atoms with Crippen LogP contribution < -0.4 is 0 Å². The van der Waals surface area contributed by atoms with Crippen LogP contribution in [-0.4, -0.2) is 37.2 Å². The maximum absolute atomic E-state index is 12.8. The lowest BCUT2D eigenvalue weighted by Gasteiger charge is -2.18. The van der Waals surface area contributed by atoms with E-state index in [4.69, 9.17) is 14.2 Å². The summed E-state index contributed by atoms with van der Waals surface area (Å²) in [4.78, 5) is 38.0. The normalized spacial score (nSPS) is 12.1. The number of carbonyl (C=O) groups is 3. The Morgan fingerprint density at radius 2 is 0.486 bits per heavy atom. The molecule has 0 saturated carbocycles. The van der Waals surface area contributed by atoms with Crippen molar-refractivity contribution in [3.05, 3.63) is 24.3 Å². The fraction of sp³-hybridized carbons (Fsp3) is 0.891. The average molecular weight is 986 g/mol. The smallest absolute Gasteiger partial charge is 0.306 e. The molecular weight excluding hydrogens is 865 g/mol. The third-order valence-electron chi connectivity index (χ3n) is 14.2. The lowest BCUT2D eigenvalue weighted by atomic mass is 10.0. The third kappa shape index (κ3) is 56.8. The molecule has 6 heteroatoms. The summed E-state index contributed by atoms with van der Waals surface area (Å²) in [6.45, 7) is 6.60. The van der Waals surface area contributed by atoms with E-state index in [1.54, 1.807) is 0 Å². The van der Waals surface area contributed by atoms with Crippen LogP contribution >= 0.6 is 0 Å². The molecule has 70 heavy (non-hydrogen) atoms. The summed E-state index contributed by atoms with van der Waals surface area (Å²) < 4.78 is 16.8. The molecule has 1 unspecified atom stereocenters. The first-order valence-electron chi connectivity index (χ1n) is 31.3. The molecule has 412 valence electrons. The van der Waals surface area contributed by atoms with Gasteiger partial charge < -0.3 is 14.2 Å². The van der Waals surface area contributed by atoms with Crippen LogP contribution in [0, 0.1) is 0 Å². The molecule has 0 spiro atoms. The Balaban J connectivity index is 4.01. The monoisotopic (exact) mass is 985 g/mol. The van der Waals surface area contributed by atoms with Gasteiger partial charge in [-0.25, -0.2) is 0 Å². The summed E-state index contributed by atoms with van der Waals surface area (Å²) >= 11 is 0. The Morgan fingerprint density at radius 1 is 0.271 bits per heavy atom. The van der Waals surface area contributed by atoms with Gasteiger partial charge in [0.15, 0.2) is 6.10 Å². The molecule has 0 radical (unpaired) electrons. The topological polar surface area (TPSA) is 78.9 Å². The maximum atomic E-state index is 12.8. The molecule has 0 rings (SSSR count). The van der Waals surface area contributed by atoms with E-state index in [1.807, 2.05) is 0 Å². The van der Waals surface area contributed by atoms with Gasteiger partial charge in [0.25, 0.3) is 0 Å². The van der Waals surface area contributed by atoms with Gasteiger partial charge in [-0.2, -0.15) is 0 Å². The molecule has 0 aromatic carbocycles. The van der Waals surface area contributed by atoms with Crippen LogP contribution in [-0.2, 0) is 28.6 Å². The molecule has 0 bridgehead atoms. The second-order valence-electron chi connectivity index (χ2n) is 21.3. The quantitative estimate of drug-likeness (QED) is 0.0261. The Labute approximate surface area is 436 Å². The predicted octanol–water partition coefficient (Wildman–Crippen LogP) is 21.1. The highest BCUT2D eigenvalue weighted by atomic mass is 16.6. The van der Waals surface area contributed by atoms with Gasteiger partial charge in [-0.05, 0) is 57.8 Å². The zero-order valence-corrected chi connectivity index (χ0v) is 47.3.